The summed E-state index contributed by atoms with van der Waals surface area (Å²) >= 11 is 0. The van der Waals surface area contributed by atoms with Gasteiger partial charge in [0, 0.05) is 17.7 Å². The monoisotopic (exact) mass is 456 g/mol. The number of nitrogens with zero attached hydrogens (tertiary/aromatic N) is 3. The highest BCUT2D eigenvalue weighted by atomic mass is 19.1. The molecular formula is C24H29FN4O4. The minimum Gasteiger partial charge on any atom is -0.464 e. The first-order chi connectivity index (χ1) is 15.7. The summed E-state index contributed by atoms with van der Waals surface area (Å²) in [6.45, 7) is 3.81. The van der Waals surface area contributed by atoms with E-state index in [4.69, 9.17) is 4.74 Å². The molecule has 2 aliphatic rings. The molecule has 1 aromatic heterocycles. The smallest absolute Gasteiger partial charge is 0.358 e. The maximum absolute atomic E-state index is 14.5. The number of carbonyl (C=O) groups is 3. The van der Waals surface area contributed by atoms with Crippen molar-refractivity contribution in [1.29, 1.82) is 0 Å². The molecule has 0 unspecified atom stereocenters. The Kier molecular flexibility index (Phi) is 6.23. The van der Waals surface area contributed by atoms with Crippen molar-refractivity contribution in [2.45, 2.75) is 64.2 Å². The van der Waals surface area contributed by atoms with Crippen LogP contribution in [0.1, 0.15) is 66.1 Å². The molecule has 0 bridgehead atoms. The van der Waals surface area contributed by atoms with E-state index >= 15 is 0 Å². The van der Waals surface area contributed by atoms with Crippen molar-refractivity contribution >= 4 is 17.8 Å². The fraction of sp³-hybridized carbons (Fsp3) is 0.500. The summed E-state index contributed by atoms with van der Waals surface area (Å²) in [6, 6.07) is 7.56. The maximum Gasteiger partial charge on any atom is 0.358 e. The van der Waals surface area contributed by atoms with Gasteiger partial charge in [-0.25, -0.2) is 9.18 Å². The summed E-state index contributed by atoms with van der Waals surface area (Å²) in [5.74, 6) is -1.31. The van der Waals surface area contributed by atoms with Crippen LogP contribution in [0.3, 0.4) is 0 Å². The number of aromatic nitrogens is 2. The highest BCUT2D eigenvalue weighted by Gasteiger charge is 2.49. The third kappa shape index (κ3) is 4.36. The number of hydrogen-bond acceptors (Lipinski definition) is 5. The third-order valence-corrected chi connectivity index (χ3v) is 6.82. The lowest BCUT2D eigenvalue weighted by Crippen LogP contribution is -2.64. The first-order valence-electron chi connectivity index (χ1n) is 11.3. The van der Waals surface area contributed by atoms with Crippen LogP contribution in [0.15, 0.2) is 30.3 Å². The number of carbonyl (C=O) groups excluding carboxylic acids is 3. The molecule has 176 valence electrons. The molecule has 8 nitrogen and oxygen atoms in total. The number of methoxy groups -OCH3 is 1. The summed E-state index contributed by atoms with van der Waals surface area (Å²) in [5.41, 5.74) is -0.881. The molecule has 0 radical (unpaired) electrons. The molecule has 0 spiro atoms. The summed E-state index contributed by atoms with van der Waals surface area (Å²) in [5, 5.41) is 7.32. The van der Waals surface area contributed by atoms with Gasteiger partial charge >= 0.3 is 5.97 Å². The Morgan fingerprint density at radius 1 is 1.24 bits per heavy atom. The summed E-state index contributed by atoms with van der Waals surface area (Å²) < 4.78 is 20.6. The van der Waals surface area contributed by atoms with E-state index in [1.807, 2.05) is 0 Å². The van der Waals surface area contributed by atoms with E-state index < -0.39 is 23.2 Å². The highest BCUT2D eigenvalue weighted by molar-refractivity contribution is 6.01. The Morgan fingerprint density at radius 3 is 2.61 bits per heavy atom. The van der Waals surface area contributed by atoms with E-state index in [1.165, 1.54) is 28.8 Å². The van der Waals surface area contributed by atoms with Gasteiger partial charge in [-0.15, -0.1) is 0 Å². The average Bonchev–Trinajstić information content (AvgIpc) is 3.22. The van der Waals surface area contributed by atoms with Gasteiger partial charge in [0.25, 0.3) is 5.91 Å². The van der Waals surface area contributed by atoms with Gasteiger partial charge in [-0.1, -0.05) is 25.1 Å². The zero-order chi connectivity index (χ0) is 23.8. The molecule has 2 aromatic rings. The number of ether oxygens (including phenoxy) is 1. The van der Waals surface area contributed by atoms with Crippen molar-refractivity contribution in [2.24, 2.45) is 5.92 Å². The number of esters is 1. The van der Waals surface area contributed by atoms with Gasteiger partial charge in [0.1, 0.15) is 17.1 Å². The minimum atomic E-state index is -1.32. The van der Waals surface area contributed by atoms with Crippen molar-refractivity contribution in [2.75, 3.05) is 7.11 Å². The number of fused-ring (bicyclic) bond motifs is 1. The topological polar surface area (TPSA) is 93.5 Å². The fourth-order valence-electron chi connectivity index (χ4n) is 4.64. The lowest BCUT2D eigenvalue weighted by Gasteiger charge is -2.44. The average molecular weight is 457 g/mol. The Bertz CT molecular complexity index is 1080. The second-order valence-corrected chi connectivity index (χ2v) is 9.25. The zero-order valence-electron chi connectivity index (χ0n) is 19.1. The maximum atomic E-state index is 14.5. The van der Waals surface area contributed by atoms with Crippen LogP contribution in [-0.4, -0.2) is 51.2 Å². The molecule has 33 heavy (non-hydrogen) atoms. The molecule has 1 N–H and O–H groups in total. The molecule has 1 atom stereocenters. The van der Waals surface area contributed by atoms with Gasteiger partial charge in [-0.3, -0.25) is 14.3 Å². The van der Waals surface area contributed by atoms with Gasteiger partial charge in [-0.05, 0) is 44.6 Å². The third-order valence-electron chi connectivity index (χ3n) is 6.82. The summed E-state index contributed by atoms with van der Waals surface area (Å²) in [7, 11) is 1.23. The molecule has 1 saturated carbocycles. The van der Waals surface area contributed by atoms with E-state index in [-0.39, 0.29) is 36.4 Å². The molecule has 1 aliphatic heterocycles. The Labute approximate surface area is 192 Å². The van der Waals surface area contributed by atoms with Gasteiger partial charge in [0.05, 0.1) is 20.2 Å². The Hall–Kier alpha value is -3.23. The van der Waals surface area contributed by atoms with E-state index in [1.54, 1.807) is 25.1 Å². The Balaban J connectivity index is 1.68. The number of nitrogens with one attached hydrogen (secondary N) is 1. The number of hydrogen-bond donors (Lipinski definition) is 1. The zero-order valence-corrected chi connectivity index (χ0v) is 19.1. The van der Waals surface area contributed by atoms with Gasteiger partial charge in [0.15, 0.2) is 5.69 Å². The molecule has 1 aliphatic carbocycles. The van der Waals surface area contributed by atoms with Crippen molar-refractivity contribution in [3.05, 3.63) is 53.1 Å². The molecule has 1 aromatic carbocycles. The first kappa shape index (κ1) is 22.9. The molecule has 4 rings (SSSR count). The van der Waals surface area contributed by atoms with Crippen molar-refractivity contribution in [3.8, 4) is 0 Å². The van der Waals surface area contributed by atoms with E-state index in [0.717, 1.165) is 25.7 Å². The molecular weight excluding hydrogens is 427 g/mol. The Morgan fingerprint density at radius 2 is 1.94 bits per heavy atom. The molecule has 2 amide bonds. The van der Waals surface area contributed by atoms with Crippen LogP contribution in [0, 0.1) is 11.7 Å². The number of halogens is 1. The van der Waals surface area contributed by atoms with Crippen LogP contribution >= 0.6 is 0 Å². The summed E-state index contributed by atoms with van der Waals surface area (Å²) in [6.07, 6.45) is 3.82. The van der Waals surface area contributed by atoms with E-state index in [9.17, 15) is 18.8 Å². The molecule has 0 saturated heterocycles. The van der Waals surface area contributed by atoms with Crippen LogP contribution in [0.25, 0.3) is 0 Å². The predicted octanol–water partition coefficient (Wildman–Crippen LogP) is 2.92. The fourth-order valence-corrected chi connectivity index (χ4v) is 4.64. The number of amides is 2. The van der Waals surface area contributed by atoms with Crippen LogP contribution in [-0.2, 0) is 22.6 Å². The summed E-state index contributed by atoms with van der Waals surface area (Å²) in [4.78, 5) is 40.5. The standard InChI is InChI=1S/C24H29FN4O4/c1-15-8-10-17(11-9-15)26-23(32)24(2)14-29-20(12-19(27-29)22(31)33-3)21(30)28(24)13-16-6-4-5-7-18(16)25/h4-7,12,15,17H,8-11,13-14H2,1-3H3,(H,26,32)/t15?,17?,24-/m1/s1. The van der Waals surface area contributed by atoms with Crippen molar-refractivity contribution in [3.63, 3.8) is 0 Å². The van der Waals surface area contributed by atoms with Crippen LogP contribution in [0.5, 0.6) is 0 Å². The number of benzene rings is 1. The van der Waals surface area contributed by atoms with Crippen LogP contribution in [0.2, 0.25) is 0 Å². The predicted molar refractivity (Wildman–Crippen MR) is 118 cm³/mol. The molecule has 2 heterocycles. The number of rotatable bonds is 5. The second kappa shape index (κ2) is 8.96. The van der Waals surface area contributed by atoms with Crippen LogP contribution < -0.4 is 5.32 Å². The lowest BCUT2D eigenvalue weighted by atomic mass is 9.86. The van der Waals surface area contributed by atoms with Gasteiger partial charge in [0.2, 0.25) is 5.91 Å². The largest absolute Gasteiger partial charge is 0.464 e. The van der Waals surface area contributed by atoms with Gasteiger partial charge in [-0.2, -0.15) is 5.10 Å². The quantitative estimate of drug-likeness (QED) is 0.699. The van der Waals surface area contributed by atoms with Crippen LogP contribution in [0.4, 0.5) is 4.39 Å². The lowest BCUT2D eigenvalue weighted by molar-refractivity contribution is -0.134. The van der Waals surface area contributed by atoms with Gasteiger partial charge < -0.3 is 15.0 Å². The van der Waals surface area contributed by atoms with E-state index in [2.05, 4.69) is 17.3 Å². The minimum absolute atomic E-state index is 0.0161. The first-order valence-corrected chi connectivity index (χ1v) is 11.3. The highest BCUT2D eigenvalue weighted by Crippen LogP contribution is 2.31. The molecule has 1 fully saturated rings. The second-order valence-electron chi connectivity index (χ2n) is 9.25. The normalized spacial score (nSPS) is 24.8. The van der Waals surface area contributed by atoms with Crippen molar-refractivity contribution < 1.29 is 23.5 Å². The van der Waals surface area contributed by atoms with Crippen molar-refractivity contribution in [1.82, 2.24) is 20.0 Å². The SMILES string of the molecule is COC(=O)c1cc2n(n1)C[C@](C)(C(=O)NC1CCC(C)CC1)N(Cc1ccccc1F)C2=O. The van der Waals surface area contributed by atoms with E-state index in [0.29, 0.717) is 11.5 Å². The molecule has 9 heteroatoms.